The molecule has 172 valence electrons. The Balaban J connectivity index is 1.63. The van der Waals surface area contributed by atoms with E-state index in [1.807, 2.05) is 0 Å². The number of ether oxygens (including phenoxy) is 1. The molecule has 33 heavy (non-hydrogen) atoms. The number of fused-ring (bicyclic) bond motifs is 1. The summed E-state index contributed by atoms with van der Waals surface area (Å²) in [5.41, 5.74) is -1.59. The van der Waals surface area contributed by atoms with Gasteiger partial charge in [-0.25, -0.2) is 19.0 Å². The van der Waals surface area contributed by atoms with Crippen LogP contribution in [0.25, 0.3) is 5.69 Å². The molecule has 0 spiro atoms. The summed E-state index contributed by atoms with van der Waals surface area (Å²) in [6.07, 6.45) is 1.14. The Morgan fingerprint density at radius 2 is 2.12 bits per heavy atom. The van der Waals surface area contributed by atoms with Gasteiger partial charge in [-0.15, -0.1) is 5.10 Å². The van der Waals surface area contributed by atoms with Crippen molar-refractivity contribution in [2.24, 2.45) is 0 Å². The number of aromatic nitrogens is 5. The highest BCUT2D eigenvalue weighted by Crippen LogP contribution is 2.27. The zero-order valence-electron chi connectivity index (χ0n) is 17.6. The van der Waals surface area contributed by atoms with Gasteiger partial charge in [0, 0.05) is 6.54 Å². The number of carbonyl (C=O) groups is 2. The fourth-order valence-corrected chi connectivity index (χ4v) is 3.47. The van der Waals surface area contributed by atoms with Crippen LogP contribution in [0.4, 0.5) is 4.39 Å². The summed E-state index contributed by atoms with van der Waals surface area (Å²) in [5, 5.41) is 23.7. The number of carbonyl (C=O) groups excluding carboxylic acids is 2. The summed E-state index contributed by atoms with van der Waals surface area (Å²) in [4.78, 5) is 44.4. The first kappa shape index (κ1) is 22.1. The summed E-state index contributed by atoms with van der Waals surface area (Å²) in [6.45, 7) is 3.69. The monoisotopic (exact) mass is 459 g/mol. The molecule has 0 aliphatic carbocycles. The van der Waals surface area contributed by atoms with E-state index in [0.717, 1.165) is 17.1 Å². The Hall–Kier alpha value is -4.13. The summed E-state index contributed by atoms with van der Waals surface area (Å²) >= 11 is 0. The number of nitrogens with one attached hydrogen (secondary N) is 1. The number of benzene rings is 1. The number of hydrogen-bond donors (Lipinski definition) is 2. The number of hydrogen-bond acceptors (Lipinski definition) is 8. The maximum absolute atomic E-state index is 13.8. The molecular formula is C20H20FN6O6+. The van der Waals surface area contributed by atoms with Gasteiger partial charge in [-0.1, -0.05) is 6.07 Å². The van der Waals surface area contributed by atoms with Crippen LogP contribution in [0.15, 0.2) is 29.3 Å². The first-order valence-electron chi connectivity index (χ1n) is 9.81. The van der Waals surface area contributed by atoms with Crippen molar-refractivity contribution in [3.63, 3.8) is 0 Å². The van der Waals surface area contributed by atoms with Gasteiger partial charge in [-0.3, -0.25) is 14.2 Å². The zero-order valence-corrected chi connectivity index (χ0v) is 17.6. The van der Waals surface area contributed by atoms with E-state index in [2.05, 4.69) is 20.4 Å². The van der Waals surface area contributed by atoms with E-state index >= 15 is 0 Å². The van der Waals surface area contributed by atoms with Gasteiger partial charge in [-0.2, -0.15) is 0 Å². The highest BCUT2D eigenvalue weighted by atomic mass is 19.1. The molecule has 0 saturated carbocycles. The molecule has 3 heterocycles. The van der Waals surface area contributed by atoms with Crippen LogP contribution in [0.3, 0.4) is 0 Å². The van der Waals surface area contributed by atoms with Crippen LogP contribution in [0.1, 0.15) is 46.3 Å². The molecule has 0 fully saturated rings. The minimum atomic E-state index is -1.10. The van der Waals surface area contributed by atoms with Gasteiger partial charge in [0.25, 0.3) is 11.5 Å². The molecule has 0 unspecified atom stereocenters. The highest BCUT2D eigenvalue weighted by molar-refractivity contribution is 5.94. The molecule has 13 heteroatoms. The predicted molar refractivity (Wildman–Crippen MR) is 110 cm³/mol. The first-order chi connectivity index (χ1) is 15.6. The summed E-state index contributed by atoms with van der Waals surface area (Å²) in [5.74, 6) is -3.48. The Morgan fingerprint density at radius 1 is 1.36 bits per heavy atom. The smallest absolute Gasteiger partial charge is 0.558 e. The van der Waals surface area contributed by atoms with E-state index < -0.39 is 40.3 Å². The van der Waals surface area contributed by atoms with Crippen molar-refractivity contribution in [2.75, 3.05) is 6.61 Å². The summed E-state index contributed by atoms with van der Waals surface area (Å²) in [6, 6.07) is 3.68. The molecule has 0 atom stereocenters. The van der Waals surface area contributed by atoms with E-state index in [0.29, 0.717) is 5.56 Å². The third-order valence-electron chi connectivity index (χ3n) is 5.11. The standard InChI is InChI=1S/C20H19FN6O6/c1-20(2)19-24-13(14(28)17(30)26(19)5-6-33-20)16(29)22-8-10-3-4-11(21)7-12(10)27-9-23-15(25-27)18(31)32/h3-4,7,9,28H,5-6,8H2,1-2H3,(H,22,29)(H,31,32)/p+1. The lowest BCUT2D eigenvalue weighted by molar-refractivity contribution is -0.0566. The molecule has 1 amide bonds. The Bertz CT molecular complexity index is 1330. The van der Waals surface area contributed by atoms with Crippen LogP contribution in [-0.2, 0) is 23.4 Å². The average Bonchev–Trinajstić information content (AvgIpc) is 3.25. The maximum Gasteiger partial charge on any atom is 0.589 e. The lowest BCUT2D eigenvalue weighted by Gasteiger charge is -2.32. The number of rotatable bonds is 5. The van der Waals surface area contributed by atoms with Gasteiger partial charge < -0.3 is 20.3 Å². The summed E-state index contributed by atoms with van der Waals surface area (Å²) < 4.78 is 21.8. The van der Waals surface area contributed by atoms with E-state index in [1.165, 1.54) is 16.7 Å². The second-order valence-corrected chi connectivity index (χ2v) is 7.75. The van der Waals surface area contributed by atoms with Crippen molar-refractivity contribution in [3.8, 4) is 11.4 Å². The maximum atomic E-state index is 13.8. The zero-order chi connectivity index (χ0) is 23.9. The van der Waals surface area contributed by atoms with E-state index in [1.54, 1.807) is 13.8 Å². The van der Waals surface area contributed by atoms with E-state index in [4.69, 9.17) is 9.84 Å². The predicted octanol–water partition coefficient (Wildman–Crippen LogP) is -0.271. The second-order valence-electron chi connectivity index (χ2n) is 7.75. The van der Waals surface area contributed by atoms with Crippen LogP contribution in [-0.4, -0.2) is 53.0 Å². The van der Waals surface area contributed by atoms with Gasteiger partial charge in [0.2, 0.25) is 5.75 Å². The van der Waals surface area contributed by atoms with Gasteiger partial charge in [0.15, 0.2) is 5.69 Å². The molecule has 0 radical (unpaired) electrons. The SMILES string of the molecule is CC1(C)OCCn2c1nc(C(=O)NCc1ccc(F)cc1-n1cnc(C(=O)[OH2+])n1)c(O)c2=O. The van der Waals surface area contributed by atoms with Gasteiger partial charge >= 0.3 is 11.8 Å². The minimum absolute atomic E-state index is 0.155. The summed E-state index contributed by atoms with van der Waals surface area (Å²) in [7, 11) is 0. The molecule has 4 rings (SSSR count). The molecular weight excluding hydrogens is 439 g/mol. The lowest BCUT2D eigenvalue weighted by Crippen LogP contribution is -2.42. The molecule has 3 aromatic rings. The number of amides is 1. The molecule has 1 aliphatic rings. The molecule has 4 N–H and O–H groups in total. The number of aromatic hydroxyl groups is 1. The Morgan fingerprint density at radius 3 is 2.82 bits per heavy atom. The third-order valence-corrected chi connectivity index (χ3v) is 5.11. The van der Waals surface area contributed by atoms with E-state index in [-0.39, 0.29) is 37.0 Å². The van der Waals surface area contributed by atoms with Crippen LogP contribution in [0.2, 0.25) is 0 Å². The van der Waals surface area contributed by atoms with Crippen LogP contribution in [0, 0.1) is 5.82 Å². The van der Waals surface area contributed by atoms with Crippen molar-refractivity contribution in [1.82, 2.24) is 29.6 Å². The van der Waals surface area contributed by atoms with Gasteiger partial charge in [-0.05, 0) is 31.5 Å². The van der Waals surface area contributed by atoms with Crippen LogP contribution >= 0.6 is 0 Å². The van der Waals surface area contributed by atoms with Crippen molar-refractivity contribution in [3.05, 3.63) is 63.6 Å². The van der Waals surface area contributed by atoms with Crippen molar-refractivity contribution in [1.29, 1.82) is 0 Å². The largest absolute Gasteiger partial charge is 0.589 e. The van der Waals surface area contributed by atoms with Crippen molar-refractivity contribution < 1.29 is 28.9 Å². The molecule has 2 aromatic heterocycles. The van der Waals surface area contributed by atoms with Crippen molar-refractivity contribution >= 4 is 11.9 Å². The molecule has 0 bridgehead atoms. The fraction of sp³-hybridized carbons (Fsp3) is 0.300. The van der Waals surface area contributed by atoms with Gasteiger partial charge in [0.05, 0.1) is 23.6 Å². The lowest BCUT2D eigenvalue weighted by atomic mass is 10.1. The minimum Gasteiger partial charge on any atom is -0.558 e. The molecule has 1 aromatic carbocycles. The highest BCUT2D eigenvalue weighted by Gasteiger charge is 2.34. The molecule has 12 nitrogen and oxygen atoms in total. The van der Waals surface area contributed by atoms with E-state index in [9.17, 15) is 23.9 Å². The van der Waals surface area contributed by atoms with Gasteiger partial charge in [0.1, 0.15) is 23.6 Å². The first-order valence-corrected chi connectivity index (χ1v) is 9.81. The quantitative estimate of drug-likeness (QED) is 0.492. The van der Waals surface area contributed by atoms with Crippen molar-refractivity contribution in [2.45, 2.75) is 32.5 Å². The number of nitrogens with zero attached hydrogens (tertiary/aromatic N) is 5. The molecule has 0 saturated heterocycles. The fourth-order valence-electron chi connectivity index (χ4n) is 3.47. The normalized spacial score (nSPS) is 14.5. The average molecular weight is 459 g/mol. The second kappa shape index (κ2) is 8.09. The topological polar surface area (TPSA) is 164 Å². The third kappa shape index (κ3) is 4.05. The Kier molecular flexibility index (Phi) is 5.41. The Labute approximate surface area is 185 Å². The number of halogens is 1. The van der Waals surface area contributed by atoms with Crippen LogP contribution in [0.5, 0.6) is 5.75 Å². The van der Waals surface area contributed by atoms with Crippen LogP contribution < -0.4 is 10.9 Å². The molecule has 1 aliphatic heterocycles.